The van der Waals surface area contributed by atoms with Gasteiger partial charge in [0, 0.05) is 15.7 Å². The van der Waals surface area contributed by atoms with Crippen molar-refractivity contribution in [1.29, 1.82) is 0 Å². The first-order valence-electron chi connectivity index (χ1n) is 9.42. The molecular weight excluding hydrogens is 484 g/mol. The number of hydrogen-bond acceptors (Lipinski definition) is 7. The molecule has 1 amide bonds. The molecule has 0 aliphatic heterocycles. The highest BCUT2D eigenvalue weighted by Crippen LogP contribution is 2.24. The first-order valence-corrected chi connectivity index (χ1v) is 11.2. The van der Waals surface area contributed by atoms with Crippen LogP contribution in [0.15, 0.2) is 58.2 Å². The molecule has 0 aliphatic rings. The van der Waals surface area contributed by atoms with Gasteiger partial charge in [0.15, 0.2) is 11.0 Å². The molecule has 0 saturated carbocycles. The Bertz CT molecular complexity index is 1040. The van der Waals surface area contributed by atoms with Crippen LogP contribution in [0.4, 0.5) is 0 Å². The van der Waals surface area contributed by atoms with Gasteiger partial charge in [-0.3, -0.25) is 14.2 Å². The third kappa shape index (κ3) is 6.08. The van der Waals surface area contributed by atoms with Gasteiger partial charge in [0.1, 0.15) is 5.75 Å². The normalized spacial score (nSPS) is 10.5. The number of hydrogen-bond donors (Lipinski definition) is 1. The lowest BCUT2D eigenvalue weighted by molar-refractivity contribution is -0.139. The second-order valence-electron chi connectivity index (χ2n) is 6.22. The number of rotatable bonds is 9. The molecule has 0 radical (unpaired) electrons. The van der Waals surface area contributed by atoms with Crippen molar-refractivity contribution in [2.45, 2.75) is 18.6 Å². The molecule has 2 aromatic carbocycles. The molecule has 0 saturated heterocycles. The highest BCUT2D eigenvalue weighted by Gasteiger charge is 2.17. The van der Waals surface area contributed by atoms with Crippen LogP contribution in [0.5, 0.6) is 5.75 Å². The van der Waals surface area contributed by atoms with Crippen molar-refractivity contribution in [3.63, 3.8) is 0 Å². The Morgan fingerprint density at radius 2 is 1.81 bits per heavy atom. The number of aromatic nitrogens is 3. The van der Waals surface area contributed by atoms with Gasteiger partial charge in [-0.1, -0.05) is 27.7 Å². The van der Waals surface area contributed by atoms with Gasteiger partial charge in [0.25, 0.3) is 5.91 Å². The maximum atomic E-state index is 12.5. The topological polar surface area (TPSA) is 95.3 Å². The Morgan fingerprint density at radius 1 is 1.10 bits per heavy atom. The highest BCUT2D eigenvalue weighted by molar-refractivity contribution is 9.10. The van der Waals surface area contributed by atoms with Gasteiger partial charge in [-0.2, -0.15) is 0 Å². The number of esters is 1. The molecule has 0 unspecified atom stereocenters. The largest absolute Gasteiger partial charge is 0.497 e. The number of methoxy groups -OCH3 is 1. The van der Waals surface area contributed by atoms with Crippen LogP contribution in [0.25, 0.3) is 5.69 Å². The number of benzene rings is 2. The quantitative estimate of drug-likeness (QED) is 0.351. The number of carbonyl (C=O) groups is 2. The molecule has 1 aromatic heterocycles. The molecule has 31 heavy (non-hydrogen) atoms. The molecule has 8 nitrogen and oxygen atoms in total. The van der Waals surface area contributed by atoms with Gasteiger partial charge in [0.2, 0.25) is 0 Å². The Balaban J connectivity index is 1.79. The number of nitrogens with zero attached hydrogens (tertiary/aromatic N) is 3. The van der Waals surface area contributed by atoms with E-state index < -0.39 is 0 Å². The zero-order valence-corrected chi connectivity index (χ0v) is 19.4. The van der Waals surface area contributed by atoms with Crippen molar-refractivity contribution >= 4 is 39.6 Å². The number of carbonyl (C=O) groups excluding carboxylic acids is 2. The zero-order chi connectivity index (χ0) is 22.2. The minimum absolute atomic E-state index is 0.112. The van der Waals surface area contributed by atoms with E-state index in [1.54, 1.807) is 38.3 Å². The summed E-state index contributed by atoms with van der Waals surface area (Å²) in [5.74, 6) is 0.757. The van der Waals surface area contributed by atoms with Crippen LogP contribution in [0.3, 0.4) is 0 Å². The van der Waals surface area contributed by atoms with Crippen LogP contribution in [-0.4, -0.2) is 46.1 Å². The molecular formula is C21H21BrN4O4S. The van der Waals surface area contributed by atoms with Crippen LogP contribution >= 0.6 is 27.7 Å². The maximum absolute atomic E-state index is 12.5. The predicted octanol–water partition coefficient (Wildman–Crippen LogP) is 3.62. The monoisotopic (exact) mass is 504 g/mol. The summed E-state index contributed by atoms with van der Waals surface area (Å²) < 4.78 is 12.8. The fourth-order valence-corrected chi connectivity index (χ4v) is 3.72. The number of ether oxygens (including phenoxy) is 2. The van der Waals surface area contributed by atoms with Crippen LogP contribution in [0, 0.1) is 0 Å². The second kappa shape index (κ2) is 11.0. The number of halogens is 1. The summed E-state index contributed by atoms with van der Waals surface area (Å²) in [4.78, 5) is 24.3. The lowest BCUT2D eigenvalue weighted by atomic mass is 10.2. The maximum Gasteiger partial charge on any atom is 0.316 e. The standard InChI is InChI=1S/C21H21BrN4O4S/c1-3-30-19(27)13-31-21-25-24-18(26(21)16-8-6-15(22)7-9-16)12-23-20(28)14-4-10-17(29-2)11-5-14/h4-11H,3,12-13H2,1-2H3,(H,23,28). The smallest absolute Gasteiger partial charge is 0.316 e. The lowest BCUT2D eigenvalue weighted by Gasteiger charge is -2.11. The van der Waals surface area contributed by atoms with Crippen molar-refractivity contribution in [1.82, 2.24) is 20.1 Å². The zero-order valence-electron chi connectivity index (χ0n) is 17.0. The molecule has 0 bridgehead atoms. The summed E-state index contributed by atoms with van der Waals surface area (Å²) in [5, 5.41) is 11.8. The average Bonchev–Trinajstić information content (AvgIpc) is 3.19. The van der Waals surface area contributed by atoms with E-state index in [0.717, 1.165) is 10.2 Å². The minimum Gasteiger partial charge on any atom is -0.497 e. The Labute approximate surface area is 192 Å². The van der Waals surface area contributed by atoms with Crippen molar-refractivity contribution in [3.05, 3.63) is 64.4 Å². The van der Waals surface area contributed by atoms with Gasteiger partial charge in [-0.15, -0.1) is 10.2 Å². The molecule has 0 aliphatic carbocycles. The fraction of sp³-hybridized carbons (Fsp3) is 0.238. The van der Waals surface area contributed by atoms with Gasteiger partial charge in [-0.05, 0) is 55.5 Å². The molecule has 0 fully saturated rings. The summed E-state index contributed by atoms with van der Waals surface area (Å²) >= 11 is 4.65. The van der Waals surface area contributed by atoms with Gasteiger partial charge in [-0.25, -0.2) is 0 Å². The lowest BCUT2D eigenvalue weighted by Crippen LogP contribution is -2.24. The first kappa shape index (κ1) is 22.8. The van der Waals surface area contributed by atoms with Crippen molar-refractivity contribution in [3.8, 4) is 11.4 Å². The molecule has 1 heterocycles. The van der Waals surface area contributed by atoms with E-state index in [-0.39, 0.29) is 24.2 Å². The fourth-order valence-electron chi connectivity index (χ4n) is 2.69. The van der Waals surface area contributed by atoms with E-state index in [9.17, 15) is 9.59 Å². The highest BCUT2D eigenvalue weighted by atomic mass is 79.9. The van der Waals surface area contributed by atoms with Crippen molar-refractivity contribution in [2.24, 2.45) is 0 Å². The van der Waals surface area contributed by atoms with E-state index in [1.807, 2.05) is 28.8 Å². The molecule has 3 rings (SSSR count). The van der Waals surface area contributed by atoms with Gasteiger partial charge in [0.05, 0.1) is 26.0 Å². The van der Waals surface area contributed by atoms with Crippen molar-refractivity contribution in [2.75, 3.05) is 19.5 Å². The molecule has 0 atom stereocenters. The van der Waals surface area contributed by atoms with E-state index in [4.69, 9.17) is 9.47 Å². The number of nitrogens with one attached hydrogen (secondary N) is 1. The molecule has 162 valence electrons. The van der Waals surface area contributed by atoms with Crippen LogP contribution in [-0.2, 0) is 16.1 Å². The molecule has 0 spiro atoms. The number of amides is 1. The van der Waals surface area contributed by atoms with Gasteiger partial charge < -0.3 is 14.8 Å². The third-order valence-electron chi connectivity index (χ3n) is 4.17. The van der Waals surface area contributed by atoms with E-state index in [2.05, 4.69) is 31.4 Å². The average molecular weight is 505 g/mol. The SMILES string of the molecule is CCOC(=O)CSc1nnc(CNC(=O)c2ccc(OC)cc2)n1-c1ccc(Br)cc1. The van der Waals surface area contributed by atoms with Crippen LogP contribution < -0.4 is 10.1 Å². The van der Waals surface area contributed by atoms with Gasteiger partial charge >= 0.3 is 5.97 Å². The summed E-state index contributed by atoms with van der Waals surface area (Å²) in [6.45, 7) is 2.24. The first-order chi connectivity index (χ1) is 15.0. The van der Waals surface area contributed by atoms with E-state index in [0.29, 0.717) is 28.9 Å². The van der Waals surface area contributed by atoms with Crippen molar-refractivity contribution < 1.29 is 19.1 Å². The number of thioether (sulfide) groups is 1. The predicted molar refractivity (Wildman–Crippen MR) is 121 cm³/mol. The summed E-state index contributed by atoms with van der Waals surface area (Å²) in [6.07, 6.45) is 0. The second-order valence-corrected chi connectivity index (χ2v) is 8.07. The van der Waals surface area contributed by atoms with Crippen LogP contribution in [0.1, 0.15) is 23.1 Å². The Hall–Kier alpha value is -2.85. The molecule has 10 heteroatoms. The molecule has 3 aromatic rings. The summed E-state index contributed by atoms with van der Waals surface area (Å²) in [6, 6.07) is 14.4. The third-order valence-corrected chi connectivity index (χ3v) is 5.60. The van der Waals surface area contributed by atoms with Crippen LogP contribution in [0.2, 0.25) is 0 Å². The Morgan fingerprint density at radius 3 is 2.45 bits per heavy atom. The molecule has 1 N–H and O–H groups in total. The van der Waals surface area contributed by atoms with E-state index >= 15 is 0 Å². The Kier molecular flexibility index (Phi) is 8.07. The minimum atomic E-state index is -0.327. The summed E-state index contributed by atoms with van der Waals surface area (Å²) in [7, 11) is 1.57. The van der Waals surface area contributed by atoms with E-state index in [1.165, 1.54) is 11.8 Å². The summed E-state index contributed by atoms with van der Waals surface area (Å²) in [5.41, 5.74) is 1.32.